The van der Waals surface area contributed by atoms with Crippen molar-refractivity contribution < 1.29 is 13.2 Å². The van der Waals surface area contributed by atoms with Gasteiger partial charge < -0.3 is 0 Å². The van der Waals surface area contributed by atoms with Gasteiger partial charge in [-0.25, -0.2) is 0 Å². The number of alkyl halides is 3. The van der Waals surface area contributed by atoms with Crippen LogP contribution in [0.3, 0.4) is 0 Å². The van der Waals surface area contributed by atoms with Crippen LogP contribution in [0.25, 0.3) is 0 Å². The van der Waals surface area contributed by atoms with E-state index in [2.05, 4.69) is 6.58 Å². The molecule has 11 heavy (non-hydrogen) atoms. The fraction of sp³-hybridized carbons (Fsp3) is 0.500. The van der Waals surface area contributed by atoms with E-state index in [1.165, 1.54) is 0 Å². The highest BCUT2D eigenvalue weighted by molar-refractivity contribution is 5.21. The first-order chi connectivity index (χ1) is 4.88. The molecule has 0 aromatic carbocycles. The predicted octanol–water partition coefficient (Wildman–Crippen LogP) is 3.32. The topological polar surface area (TPSA) is 0 Å². The summed E-state index contributed by atoms with van der Waals surface area (Å²) < 4.78 is 35.8. The largest absolute Gasteiger partial charge is 0.416 e. The minimum atomic E-state index is -4.26. The molecule has 0 aliphatic rings. The number of hydrogen-bond donors (Lipinski definition) is 0. The van der Waals surface area contributed by atoms with E-state index < -0.39 is 11.7 Å². The zero-order chi connectivity index (χ0) is 9.07. The molecule has 0 unspecified atom stereocenters. The molecule has 0 heterocycles. The molecule has 3 heteroatoms. The Bertz CT molecular complexity index is 163. The zero-order valence-corrected chi connectivity index (χ0v) is 6.57. The van der Waals surface area contributed by atoms with E-state index in [1.54, 1.807) is 13.8 Å². The van der Waals surface area contributed by atoms with Gasteiger partial charge in [0, 0.05) is 0 Å². The molecule has 0 saturated carbocycles. The van der Waals surface area contributed by atoms with Gasteiger partial charge in [0.2, 0.25) is 0 Å². The van der Waals surface area contributed by atoms with E-state index in [0.717, 1.165) is 12.2 Å². The number of rotatable bonds is 2. The molecule has 0 aliphatic heterocycles. The molecule has 0 saturated heterocycles. The summed E-state index contributed by atoms with van der Waals surface area (Å²) in [7, 11) is 0. The summed E-state index contributed by atoms with van der Waals surface area (Å²) in [6, 6.07) is 0. The lowest BCUT2D eigenvalue weighted by Crippen LogP contribution is -2.10. The van der Waals surface area contributed by atoms with Crippen molar-refractivity contribution in [1.29, 1.82) is 0 Å². The fourth-order valence-corrected chi connectivity index (χ4v) is 0.637. The summed E-state index contributed by atoms with van der Waals surface area (Å²) in [4.78, 5) is 0. The minimum Gasteiger partial charge on any atom is -0.166 e. The average Bonchev–Trinajstić information content (AvgIpc) is 1.79. The van der Waals surface area contributed by atoms with E-state index >= 15 is 0 Å². The maximum absolute atomic E-state index is 11.9. The van der Waals surface area contributed by atoms with Crippen LogP contribution in [0.4, 0.5) is 13.2 Å². The zero-order valence-electron chi connectivity index (χ0n) is 6.57. The molecule has 0 bridgehead atoms. The van der Waals surface area contributed by atoms with Crippen LogP contribution in [-0.2, 0) is 0 Å². The third-order valence-electron chi connectivity index (χ3n) is 1.06. The van der Waals surface area contributed by atoms with Gasteiger partial charge >= 0.3 is 6.18 Å². The van der Waals surface area contributed by atoms with Crippen LogP contribution in [0.1, 0.15) is 13.8 Å². The Morgan fingerprint density at radius 3 is 1.91 bits per heavy atom. The van der Waals surface area contributed by atoms with Crippen LogP contribution in [-0.4, -0.2) is 6.18 Å². The smallest absolute Gasteiger partial charge is 0.166 e. The molecule has 0 aromatic rings. The van der Waals surface area contributed by atoms with Crippen LogP contribution in [0.5, 0.6) is 0 Å². The Labute approximate surface area is 64.4 Å². The van der Waals surface area contributed by atoms with Crippen molar-refractivity contribution in [1.82, 2.24) is 0 Å². The number of halogens is 3. The van der Waals surface area contributed by atoms with E-state index in [4.69, 9.17) is 0 Å². The molecule has 0 fully saturated rings. The first kappa shape index (κ1) is 10.3. The van der Waals surface area contributed by atoms with Crippen molar-refractivity contribution in [3.63, 3.8) is 0 Å². The molecular formula is C8H11F3. The maximum atomic E-state index is 11.9. The molecule has 0 radical (unpaired) electrons. The Balaban J connectivity index is 4.54. The highest BCUT2D eigenvalue weighted by atomic mass is 19.4. The van der Waals surface area contributed by atoms with Gasteiger partial charge in [-0.1, -0.05) is 32.6 Å². The van der Waals surface area contributed by atoms with E-state index in [9.17, 15) is 13.2 Å². The van der Waals surface area contributed by atoms with Gasteiger partial charge in [0.1, 0.15) is 0 Å². The van der Waals surface area contributed by atoms with Gasteiger partial charge in [0.05, 0.1) is 5.57 Å². The van der Waals surface area contributed by atoms with E-state index in [-0.39, 0.29) is 5.92 Å². The normalized spacial score (nSPS) is 13.8. The van der Waals surface area contributed by atoms with Gasteiger partial charge in [-0.3, -0.25) is 0 Å². The monoisotopic (exact) mass is 164 g/mol. The van der Waals surface area contributed by atoms with Gasteiger partial charge in [-0.2, -0.15) is 13.2 Å². The lowest BCUT2D eigenvalue weighted by atomic mass is 10.1. The second-order valence-electron chi connectivity index (χ2n) is 2.57. The summed E-state index contributed by atoms with van der Waals surface area (Å²) >= 11 is 0. The molecule has 0 atom stereocenters. The summed E-state index contributed by atoms with van der Waals surface area (Å²) in [6.45, 7) is 6.47. The fourth-order valence-electron chi connectivity index (χ4n) is 0.637. The molecular weight excluding hydrogens is 153 g/mol. The molecule has 64 valence electrons. The standard InChI is InChI=1S/C8H11F3/c1-4-7(5-6(2)3)8(9,10)11/h4-6H,1H2,2-3H3. The summed E-state index contributed by atoms with van der Waals surface area (Å²) in [5.74, 6) is -0.107. The highest BCUT2D eigenvalue weighted by Crippen LogP contribution is 2.27. The van der Waals surface area contributed by atoms with Crippen molar-refractivity contribution >= 4 is 0 Å². The summed E-state index contributed by atoms with van der Waals surface area (Å²) in [6.07, 6.45) is -2.28. The Hall–Kier alpha value is -0.730. The van der Waals surface area contributed by atoms with Crippen LogP contribution in [0.15, 0.2) is 24.3 Å². The van der Waals surface area contributed by atoms with Crippen LogP contribution in [0, 0.1) is 5.92 Å². The van der Waals surface area contributed by atoms with Gasteiger partial charge in [-0.05, 0) is 5.92 Å². The van der Waals surface area contributed by atoms with E-state index in [1.807, 2.05) is 0 Å². The highest BCUT2D eigenvalue weighted by Gasteiger charge is 2.31. The molecule has 0 aliphatic carbocycles. The minimum absolute atomic E-state index is 0.107. The maximum Gasteiger partial charge on any atom is 0.416 e. The molecule has 0 nitrogen and oxygen atoms in total. The predicted molar refractivity (Wildman–Crippen MR) is 39.2 cm³/mol. The van der Waals surface area contributed by atoms with E-state index in [0.29, 0.717) is 0 Å². The molecule has 0 aromatic heterocycles. The van der Waals surface area contributed by atoms with Crippen molar-refractivity contribution in [2.75, 3.05) is 0 Å². The first-order valence-corrected chi connectivity index (χ1v) is 3.29. The van der Waals surface area contributed by atoms with Crippen molar-refractivity contribution in [2.45, 2.75) is 20.0 Å². The first-order valence-electron chi connectivity index (χ1n) is 3.29. The van der Waals surface area contributed by atoms with Gasteiger partial charge in [0.25, 0.3) is 0 Å². The quantitative estimate of drug-likeness (QED) is 0.549. The Kier molecular flexibility index (Phi) is 3.36. The van der Waals surface area contributed by atoms with Crippen LogP contribution < -0.4 is 0 Å². The SMILES string of the molecule is C=CC(=CC(C)C)C(F)(F)F. The van der Waals surface area contributed by atoms with Gasteiger partial charge in [-0.15, -0.1) is 0 Å². The van der Waals surface area contributed by atoms with Crippen LogP contribution in [0.2, 0.25) is 0 Å². The molecule has 0 spiro atoms. The summed E-state index contributed by atoms with van der Waals surface area (Å²) in [5.41, 5.74) is -0.660. The lowest BCUT2D eigenvalue weighted by molar-refractivity contribution is -0.0885. The van der Waals surface area contributed by atoms with Crippen molar-refractivity contribution in [3.05, 3.63) is 24.3 Å². The summed E-state index contributed by atoms with van der Waals surface area (Å²) in [5, 5.41) is 0. The number of hydrogen-bond acceptors (Lipinski definition) is 0. The Morgan fingerprint density at radius 2 is 1.82 bits per heavy atom. The van der Waals surface area contributed by atoms with Crippen molar-refractivity contribution in [2.24, 2.45) is 5.92 Å². The average molecular weight is 164 g/mol. The molecule has 0 N–H and O–H groups in total. The van der Waals surface area contributed by atoms with Crippen molar-refractivity contribution in [3.8, 4) is 0 Å². The molecule has 0 rings (SSSR count). The third kappa shape index (κ3) is 3.86. The molecule has 0 amide bonds. The lowest BCUT2D eigenvalue weighted by Gasteiger charge is -2.07. The Morgan fingerprint density at radius 1 is 1.36 bits per heavy atom. The second-order valence-corrected chi connectivity index (χ2v) is 2.57. The van der Waals surface area contributed by atoms with Gasteiger partial charge in [0.15, 0.2) is 0 Å². The second kappa shape index (κ2) is 3.60. The third-order valence-corrected chi connectivity index (χ3v) is 1.06. The van der Waals surface area contributed by atoms with Crippen LogP contribution >= 0.6 is 0 Å². The number of allylic oxidation sites excluding steroid dienone is 3.